The van der Waals surface area contributed by atoms with Crippen LogP contribution in [0.4, 0.5) is 4.39 Å². The van der Waals surface area contributed by atoms with Crippen molar-refractivity contribution in [3.8, 4) is 23.0 Å². The number of hydrogen-bond acceptors (Lipinski definition) is 6. The number of nitrogens with zero attached hydrogens (tertiary/aromatic N) is 2. The van der Waals surface area contributed by atoms with E-state index in [1.807, 2.05) is 0 Å². The lowest BCUT2D eigenvalue weighted by atomic mass is 10.2. The van der Waals surface area contributed by atoms with Gasteiger partial charge in [0.1, 0.15) is 5.82 Å². The monoisotopic (exact) mass is 330 g/mol. The van der Waals surface area contributed by atoms with Gasteiger partial charge >= 0.3 is 0 Å². The molecule has 0 saturated heterocycles. The second-order valence-corrected chi connectivity index (χ2v) is 4.94. The number of methoxy groups -OCH3 is 1. The molecule has 0 aliphatic rings. The molecule has 0 bridgehead atoms. The molecule has 1 N–H and O–H groups in total. The fourth-order valence-corrected chi connectivity index (χ4v) is 2.09. The minimum atomic E-state index is -0.333. The number of benzene rings is 2. The number of hydrogen-bond donors (Lipinski definition) is 1. The second-order valence-electron chi connectivity index (χ2n) is 4.94. The molecular formula is C17H15FN2O4. The third-order valence-electron chi connectivity index (χ3n) is 3.32. The summed E-state index contributed by atoms with van der Waals surface area (Å²) in [5, 5.41) is 16.9. The van der Waals surface area contributed by atoms with Crippen LogP contribution in [0, 0.1) is 5.82 Å². The van der Waals surface area contributed by atoms with E-state index in [4.69, 9.17) is 19.0 Å². The van der Waals surface area contributed by atoms with Crippen LogP contribution in [0.1, 0.15) is 11.5 Å². The molecule has 0 fully saturated rings. The molecule has 2 aromatic carbocycles. The summed E-state index contributed by atoms with van der Waals surface area (Å²) in [6, 6.07) is 10.9. The Morgan fingerprint density at radius 3 is 2.58 bits per heavy atom. The van der Waals surface area contributed by atoms with Crippen LogP contribution in [-0.2, 0) is 13.2 Å². The van der Waals surface area contributed by atoms with Gasteiger partial charge in [-0.15, -0.1) is 10.2 Å². The van der Waals surface area contributed by atoms with Crippen molar-refractivity contribution in [2.45, 2.75) is 13.2 Å². The minimum Gasteiger partial charge on any atom is -0.493 e. The molecule has 0 unspecified atom stereocenters. The third kappa shape index (κ3) is 3.52. The minimum absolute atomic E-state index is 0.0586. The van der Waals surface area contributed by atoms with Crippen molar-refractivity contribution < 1.29 is 23.4 Å². The van der Waals surface area contributed by atoms with Crippen LogP contribution in [-0.4, -0.2) is 22.4 Å². The highest BCUT2D eigenvalue weighted by Crippen LogP contribution is 2.29. The Kier molecular flexibility index (Phi) is 4.72. The second kappa shape index (κ2) is 7.10. The van der Waals surface area contributed by atoms with Crippen LogP contribution in [0.25, 0.3) is 11.5 Å². The number of ether oxygens (including phenoxy) is 2. The first-order chi connectivity index (χ1) is 11.7. The maximum Gasteiger partial charge on any atom is 0.254 e. The summed E-state index contributed by atoms with van der Waals surface area (Å²) >= 11 is 0. The predicted octanol–water partition coefficient (Wildman–Crippen LogP) is 2.96. The van der Waals surface area contributed by atoms with E-state index in [1.165, 1.54) is 19.2 Å². The number of aliphatic hydroxyl groups excluding tert-OH is 1. The van der Waals surface area contributed by atoms with Gasteiger partial charge in [-0.3, -0.25) is 0 Å². The zero-order chi connectivity index (χ0) is 16.9. The normalized spacial score (nSPS) is 10.6. The Morgan fingerprint density at radius 1 is 1.08 bits per heavy atom. The van der Waals surface area contributed by atoms with E-state index in [0.29, 0.717) is 17.1 Å². The molecule has 0 amide bonds. The van der Waals surface area contributed by atoms with Crippen LogP contribution >= 0.6 is 0 Å². The van der Waals surface area contributed by atoms with Crippen molar-refractivity contribution in [1.29, 1.82) is 0 Å². The van der Waals surface area contributed by atoms with Crippen LogP contribution in [0.3, 0.4) is 0 Å². The van der Waals surface area contributed by atoms with Gasteiger partial charge in [-0.25, -0.2) is 4.39 Å². The molecule has 6 nitrogen and oxygen atoms in total. The molecule has 0 aliphatic heterocycles. The first-order valence-corrected chi connectivity index (χ1v) is 7.18. The van der Waals surface area contributed by atoms with Gasteiger partial charge in [-0.2, -0.15) is 0 Å². The molecule has 0 atom stereocenters. The van der Waals surface area contributed by atoms with E-state index in [-0.39, 0.29) is 30.8 Å². The summed E-state index contributed by atoms with van der Waals surface area (Å²) in [7, 11) is 1.52. The summed E-state index contributed by atoms with van der Waals surface area (Å²) < 4.78 is 29.3. The van der Waals surface area contributed by atoms with E-state index < -0.39 is 0 Å². The quantitative estimate of drug-likeness (QED) is 0.749. The highest BCUT2D eigenvalue weighted by atomic mass is 19.1. The lowest BCUT2D eigenvalue weighted by molar-refractivity contribution is 0.249. The molecule has 0 aliphatic carbocycles. The Hall–Kier alpha value is -2.93. The molecule has 0 radical (unpaired) electrons. The van der Waals surface area contributed by atoms with Gasteiger partial charge < -0.3 is 19.0 Å². The molecule has 0 saturated carbocycles. The summed E-state index contributed by atoms with van der Waals surface area (Å²) in [5.74, 6) is 1.23. The predicted molar refractivity (Wildman–Crippen MR) is 82.9 cm³/mol. The summed E-state index contributed by atoms with van der Waals surface area (Å²) in [6.45, 7) is -0.0235. The zero-order valence-corrected chi connectivity index (χ0v) is 12.9. The molecule has 7 heteroatoms. The summed E-state index contributed by atoms with van der Waals surface area (Å²) in [6.07, 6.45) is 0. The molecule has 3 rings (SSSR count). The lowest BCUT2D eigenvalue weighted by Gasteiger charge is -2.10. The molecule has 1 heterocycles. The highest BCUT2D eigenvalue weighted by Gasteiger charge is 2.11. The number of rotatable bonds is 6. The van der Waals surface area contributed by atoms with Crippen molar-refractivity contribution >= 4 is 0 Å². The van der Waals surface area contributed by atoms with Gasteiger partial charge in [0.15, 0.2) is 18.1 Å². The number of halogens is 1. The summed E-state index contributed by atoms with van der Waals surface area (Å²) in [5.41, 5.74) is 1.34. The van der Waals surface area contributed by atoms with Crippen molar-refractivity contribution in [1.82, 2.24) is 10.2 Å². The molecule has 1 aromatic heterocycles. The van der Waals surface area contributed by atoms with Crippen molar-refractivity contribution in [2.75, 3.05) is 7.11 Å². The van der Waals surface area contributed by atoms with Crippen molar-refractivity contribution in [3.63, 3.8) is 0 Å². The smallest absolute Gasteiger partial charge is 0.254 e. The third-order valence-corrected chi connectivity index (χ3v) is 3.32. The Balaban J connectivity index is 1.70. The molecule has 124 valence electrons. The van der Waals surface area contributed by atoms with Gasteiger partial charge in [0, 0.05) is 5.56 Å². The maximum absolute atomic E-state index is 12.9. The van der Waals surface area contributed by atoms with Crippen LogP contribution in [0.15, 0.2) is 46.9 Å². The Bertz CT molecular complexity index is 818. The van der Waals surface area contributed by atoms with Crippen molar-refractivity contribution in [2.24, 2.45) is 0 Å². The first kappa shape index (κ1) is 15.9. The maximum atomic E-state index is 12.9. The highest BCUT2D eigenvalue weighted by molar-refractivity contribution is 5.52. The Morgan fingerprint density at radius 2 is 1.88 bits per heavy atom. The SMILES string of the molecule is COc1cc(CO)ccc1OCc1nnc(-c2ccc(F)cc2)o1. The van der Waals surface area contributed by atoms with E-state index in [2.05, 4.69) is 10.2 Å². The van der Waals surface area contributed by atoms with Crippen LogP contribution < -0.4 is 9.47 Å². The lowest BCUT2D eigenvalue weighted by Crippen LogP contribution is -1.99. The largest absolute Gasteiger partial charge is 0.493 e. The Labute approximate surface area is 137 Å². The average Bonchev–Trinajstić information content (AvgIpc) is 3.09. The topological polar surface area (TPSA) is 77.6 Å². The fourth-order valence-electron chi connectivity index (χ4n) is 2.09. The number of aromatic nitrogens is 2. The van der Waals surface area contributed by atoms with Crippen LogP contribution in [0.2, 0.25) is 0 Å². The molecule has 3 aromatic rings. The number of aliphatic hydroxyl groups is 1. The van der Waals surface area contributed by atoms with Gasteiger partial charge in [0.25, 0.3) is 5.89 Å². The summed E-state index contributed by atoms with van der Waals surface area (Å²) in [4.78, 5) is 0. The van der Waals surface area contributed by atoms with E-state index >= 15 is 0 Å². The fraction of sp³-hybridized carbons (Fsp3) is 0.176. The van der Waals surface area contributed by atoms with Gasteiger partial charge in [-0.05, 0) is 42.0 Å². The molecular weight excluding hydrogens is 315 g/mol. The standard InChI is InChI=1S/C17H15FN2O4/c1-22-15-8-11(9-21)2-7-14(15)23-10-16-19-20-17(24-16)12-3-5-13(18)6-4-12/h2-8,21H,9-10H2,1H3. The van der Waals surface area contributed by atoms with E-state index in [0.717, 1.165) is 5.56 Å². The van der Waals surface area contributed by atoms with E-state index in [9.17, 15) is 4.39 Å². The van der Waals surface area contributed by atoms with Gasteiger partial charge in [0.05, 0.1) is 13.7 Å². The molecule has 0 spiro atoms. The molecule has 24 heavy (non-hydrogen) atoms. The van der Waals surface area contributed by atoms with E-state index in [1.54, 1.807) is 30.3 Å². The zero-order valence-electron chi connectivity index (χ0n) is 12.9. The first-order valence-electron chi connectivity index (χ1n) is 7.18. The van der Waals surface area contributed by atoms with Gasteiger partial charge in [0.2, 0.25) is 5.89 Å². The van der Waals surface area contributed by atoms with Gasteiger partial charge in [-0.1, -0.05) is 6.07 Å². The van der Waals surface area contributed by atoms with Crippen molar-refractivity contribution in [3.05, 3.63) is 59.7 Å². The van der Waals surface area contributed by atoms with Crippen LogP contribution in [0.5, 0.6) is 11.5 Å². The average molecular weight is 330 g/mol.